The summed E-state index contributed by atoms with van der Waals surface area (Å²) >= 11 is 0. The Bertz CT molecular complexity index is 1000. The van der Waals surface area contributed by atoms with Gasteiger partial charge in [0.25, 0.3) is 0 Å². The lowest BCUT2D eigenvalue weighted by molar-refractivity contribution is 0.323. The number of nitrogens with zero attached hydrogens (tertiary/aromatic N) is 1. The topological polar surface area (TPSA) is 79.9 Å². The van der Waals surface area contributed by atoms with Crippen LogP contribution in [-0.4, -0.2) is 45.9 Å². The predicted octanol–water partition coefficient (Wildman–Crippen LogP) is 3.41. The van der Waals surface area contributed by atoms with Gasteiger partial charge in [-0.3, -0.25) is 4.99 Å². The standard InChI is InChI=1S/C23H30N4O3/c1-15-7-6-8-18-17(14-26-21(15)18)9-10-25-23(24-2)27-13-16-11-19(28-3)22(30-5)20(12-16)29-4/h6-8,11-12,14,26H,9-10,13H2,1-5H3,(H2,24,25,27). The molecule has 0 unspecified atom stereocenters. The van der Waals surface area contributed by atoms with E-state index < -0.39 is 0 Å². The Morgan fingerprint density at radius 3 is 2.40 bits per heavy atom. The van der Waals surface area contributed by atoms with Crippen LogP contribution in [0.4, 0.5) is 0 Å². The number of hydrogen-bond acceptors (Lipinski definition) is 4. The van der Waals surface area contributed by atoms with Crippen LogP contribution >= 0.6 is 0 Å². The monoisotopic (exact) mass is 410 g/mol. The molecule has 0 bridgehead atoms. The van der Waals surface area contributed by atoms with Crippen LogP contribution < -0.4 is 24.8 Å². The van der Waals surface area contributed by atoms with Gasteiger partial charge in [0.05, 0.1) is 21.3 Å². The van der Waals surface area contributed by atoms with Crippen LogP contribution in [-0.2, 0) is 13.0 Å². The Morgan fingerprint density at radius 1 is 1.03 bits per heavy atom. The van der Waals surface area contributed by atoms with Gasteiger partial charge in [-0.1, -0.05) is 18.2 Å². The van der Waals surface area contributed by atoms with Crippen LogP contribution in [0.2, 0.25) is 0 Å². The second-order valence-corrected chi connectivity index (χ2v) is 6.95. The molecule has 3 N–H and O–H groups in total. The zero-order valence-electron chi connectivity index (χ0n) is 18.3. The van der Waals surface area contributed by atoms with Gasteiger partial charge >= 0.3 is 0 Å². The number of aromatic nitrogens is 1. The Kier molecular flexibility index (Phi) is 7.06. The Hall–Kier alpha value is -3.35. The number of aromatic amines is 1. The number of hydrogen-bond donors (Lipinski definition) is 3. The number of methoxy groups -OCH3 is 3. The third kappa shape index (κ3) is 4.62. The van der Waals surface area contributed by atoms with Crippen LogP contribution in [0.25, 0.3) is 10.9 Å². The van der Waals surface area contributed by atoms with E-state index in [-0.39, 0.29) is 0 Å². The fourth-order valence-electron chi connectivity index (χ4n) is 3.53. The van der Waals surface area contributed by atoms with Crippen molar-refractivity contribution in [2.75, 3.05) is 34.9 Å². The summed E-state index contributed by atoms with van der Waals surface area (Å²) < 4.78 is 16.2. The smallest absolute Gasteiger partial charge is 0.203 e. The van der Waals surface area contributed by atoms with Crippen LogP contribution in [0.15, 0.2) is 41.5 Å². The number of benzene rings is 2. The molecule has 0 aliphatic carbocycles. The molecule has 0 saturated carbocycles. The van der Waals surface area contributed by atoms with Crippen molar-refractivity contribution in [3.8, 4) is 17.2 Å². The first-order valence-corrected chi connectivity index (χ1v) is 9.90. The molecule has 0 saturated heterocycles. The van der Waals surface area contributed by atoms with E-state index in [0.29, 0.717) is 23.8 Å². The second-order valence-electron chi connectivity index (χ2n) is 6.95. The number of fused-ring (bicyclic) bond motifs is 1. The third-order valence-electron chi connectivity index (χ3n) is 5.10. The minimum Gasteiger partial charge on any atom is -0.493 e. The predicted molar refractivity (Wildman–Crippen MR) is 121 cm³/mol. The van der Waals surface area contributed by atoms with E-state index in [4.69, 9.17) is 14.2 Å². The molecule has 0 aliphatic rings. The number of aryl methyl sites for hydroxylation is 1. The molecular weight excluding hydrogens is 380 g/mol. The minimum atomic E-state index is 0.572. The lowest BCUT2D eigenvalue weighted by Gasteiger charge is -2.16. The van der Waals surface area contributed by atoms with Gasteiger partial charge in [-0.15, -0.1) is 0 Å². The maximum atomic E-state index is 5.42. The Balaban J connectivity index is 1.59. The molecule has 0 spiro atoms. The summed E-state index contributed by atoms with van der Waals surface area (Å²) in [4.78, 5) is 7.70. The van der Waals surface area contributed by atoms with E-state index in [1.54, 1.807) is 28.4 Å². The van der Waals surface area contributed by atoms with Crippen LogP contribution in [0, 0.1) is 6.92 Å². The van der Waals surface area contributed by atoms with Gasteiger partial charge < -0.3 is 29.8 Å². The summed E-state index contributed by atoms with van der Waals surface area (Å²) in [5.41, 5.74) is 4.76. The van der Waals surface area contributed by atoms with Gasteiger partial charge in [-0.25, -0.2) is 0 Å². The van der Waals surface area contributed by atoms with E-state index in [2.05, 4.69) is 51.9 Å². The summed E-state index contributed by atoms with van der Waals surface area (Å²) in [5, 5.41) is 7.98. The highest BCUT2D eigenvalue weighted by Crippen LogP contribution is 2.38. The molecule has 0 amide bonds. The van der Waals surface area contributed by atoms with Gasteiger partial charge in [0, 0.05) is 37.2 Å². The van der Waals surface area contributed by atoms with Crippen molar-refractivity contribution in [1.82, 2.24) is 15.6 Å². The SMILES string of the molecule is CN=C(NCCc1c[nH]c2c(C)cccc12)NCc1cc(OC)c(OC)c(OC)c1. The first-order chi connectivity index (χ1) is 14.6. The normalized spacial score (nSPS) is 11.4. The van der Waals surface area contributed by atoms with Crippen molar-refractivity contribution < 1.29 is 14.2 Å². The molecule has 160 valence electrons. The third-order valence-corrected chi connectivity index (χ3v) is 5.10. The molecule has 0 fully saturated rings. The average molecular weight is 411 g/mol. The molecule has 1 aromatic heterocycles. The van der Waals surface area contributed by atoms with Crippen LogP contribution in [0.5, 0.6) is 17.2 Å². The molecule has 1 heterocycles. The van der Waals surface area contributed by atoms with Crippen molar-refractivity contribution in [3.63, 3.8) is 0 Å². The van der Waals surface area contributed by atoms with Gasteiger partial charge in [-0.2, -0.15) is 0 Å². The average Bonchev–Trinajstić information content (AvgIpc) is 3.19. The van der Waals surface area contributed by atoms with Gasteiger partial charge in [0.15, 0.2) is 17.5 Å². The number of guanidine groups is 1. The van der Waals surface area contributed by atoms with Crippen LogP contribution in [0.1, 0.15) is 16.7 Å². The zero-order valence-corrected chi connectivity index (χ0v) is 18.3. The second kappa shape index (κ2) is 9.91. The van der Waals surface area contributed by atoms with E-state index in [9.17, 15) is 0 Å². The lowest BCUT2D eigenvalue weighted by atomic mass is 10.1. The molecule has 3 rings (SSSR count). The number of nitrogens with one attached hydrogen (secondary N) is 3. The van der Waals surface area contributed by atoms with Gasteiger partial charge in [-0.05, 0) is 42.2 Å². The Morgan fingerprint density at radius 2 is 1.77 bits per heavy atom. The summed E-state index contributed by atoms with van der Waals surface area (Å²) in [6.45, 7) is 3.47. The maximum absolute atomic E-state index is 5.42. The first-order valence-electron chi connectivity index (χ1n) is 9.90. The highest BCUT2D eigenvalue weighted by molar-refractivity contribution is 5.86. The van der Waals surface area contributed by atoms with Gasteiger partial charge in [0.1, 0.15) is 0 Å². The van der Waals surface area contributed by atoms with Gasteiger partial charge in [0.2, 0.25) is 5.75 Å². The number of aliphatic imine (C=N–C) groups is 1. The number of ether oxygens (including phenoxy) is 3. The molecule has 2 aromatic carbocycles. The molecule has 30 heavy (non-hydrogen) atoms. The quantitative estimate of drug-likeness (QED) is 0.392. The summed E-state index contributed by atoms with van der Waals surface area (Å²) in [7, 11) is 6.58. The van der Waals surface area contributed by atoms with E-state index >= 15 is 0 Å². The van der Waals surface area contributed by atoms with Crippen molar-refractivity contribution >= 4 is 16.9 Å². The largest absolute Gasteiger partial charge is 0.493 e. The highest BCUT2D eigenvalue weighted by Gasteiger charge is 2.13. The molecule has 7 nitrogen and oxygen atoms in total. The maximum Gasteiger partial charge on any atom is 0.203 e. The van der Waals surface area contributed by atoms with Crippen LogP contribution in [0.3, 0.4) is 0 Å². The molecule has 3 aromatic rings. The highest BCUT2D eigenvalue weighted by atomic mass is 16.5. The number of para-hydroxylation sites is 1. The fraction of sp³-hybridized carbons (Fsp3) is 0.348. The molecular formula is C23H30N4O3. The molecule has 0 aliphatic heterocycles. The van der Waals surface area contributed by atoms with Crippen molar-refractivity contribution in [2.45, 2.75) is 19.9 Å². The van der Waals surface area contributed by atoms with E-state index in [1.807, 2.05) is 12.1 Å². The van der Waals surface area contributed by atoms with Crippen molar-refractivity contribution in [2.24, 2.45) is 4.99 Å². The van der Waals surface area contributed by atoms with E-state index in [0.717, 1.165) is 24.5 Å². The minimum absolute atomic E-state index is 0.572. The lowest BCUT2D eigenvalue weighted by Crippen LogP contribution is -2.37. The molecule has 0 radical (unpaired) electrons. The summed E-state index contributed by atoms with van der Waals surface area (Å²) in [5.74, 6) is 2.58. The zero-order chi connectivity index (χ0) is 21.5. The fourth-order valence-corrected chi connectivity index (χ4v) is 3.53. The molecule has 0 atom stereocenters. The van der Waals surface area contributed by atoms with E-state index in [1.165, 1.54) is 22.0 Å². The number of H-pyrrole nitrogens is 1. The van der Waals surface area contributed by atoms with Crippen molar-refractivity contribution in [3.05, 3.63) is 53.2 Å². The Labute approximate surface area is 177 Å². The number of rotatable bonds is 8. The summed E-state index contributed by atoms with van der Waals surface area (Å²) in [6, 6.07) is 10.2. The molecule has 7 heteroatoms. The first kappa shape index (κ1) is 21.4. The summed E-state index contributed by atoms with van der Waals surface area (Å²) in [6.07, 6.45) is 2.99. The van der Waals surface area contributed by atoms with Crippen molar-refractivity contribution in [1.29, 1.82) is 0 Å².